The van der Waals surface area contributed by atoms with E-state index in [0.29, 0.717) is 4.64 Å². The van der Waals surface area contributed by atoms with Crippen molar-refractivity contribution in [2.75, 3.05) is 0 Å². The Balaban J connectivity index is 3.13. The topological polar surface area (TPSA) is 28.7 Å². The van der Waals surface area contributed by atoms with Crippen LogP contribution in [0.25, 0.3) is 0 Å². The first-order valence-electron chi connectivity index (χ1n) is 3.90. The summed E-state index contributed by atoms with van der Waals surface area (Å²) in [5, 5.41) is 0. The molecule has 0 radical (unpaired) electrons. The van der Waals surface area contributed by atoms with Crippen molar-refractivity contribution in [3.8, 4) is 0 Å². The van der Waals surface area contributed by atoms with Crippen molar-refractivity contribution in [1.29, 1.82) is 0 Å². The summed E-state index contributed by atoms with van der Waals surface area (Å²) in [6, 6.07) is 0. The molecule has 0 aromatic carbocycles. The van der Waals surface area contributed by atoms with Gasteiger partial charge in [-0.05, 0) is 29.3 Å². The minimum Gasteiger partial charge on any atom is -0.346 e. The Kier molecular flexibility index (Phi) is 3.40. The van der Waals surface area contributed by atoms with Gasteiger partial charge in [0.2, 0.25) is 0 Å². The molecule has 66 valence electrons. The van der Waals surface area contributed by atoms with Crippen LogP contribution in [0.4, 0.5) is 0 Å². The van der Waals surface area contributed by atoms with Gasteiger partial charge < -0.3 is 4.98 Å². The maximum Gasteiger partial charge on any atom is 0.144 e. The number of aromatic nitrogens is 2. The molecule has 1 aromatic rings. The number of hydrogen-bond donors (Lipinski definition) is 1. The van der Waals surface area contributed by atoms with Gasteiger partial charge >= 0.3 is 0 Å². The fourth-order valence-corrected chi connectivity index (χ4v) is 1.44. The van der Waals surface area contributed by atoms with Crippen LogP contribution in [0.15, 0.2) is 4.47 Å². The Hall–Kier alpha value is -0.220. The van der Waals surface area contributed by atoms with Gasteiger partial charge in [0.1, 0.15) is 10.5 Å². The molecule has 0 amide bonds. The Bertz CT molecular complexity index is 332. The molecule has 0 aliphatic heterocycles. The zero-order chi connectivity index (χ0) is 9.14. The van der Waals surface area contributed by atoms with Crippen molar-refractivity contribution in [3.05, 3.63) is 20.6 Å². The van der Waals surface area contributed by atoms with Crippen molar-refractivity contribution in [2.24, 2.45) is 0 Å². The minimum absolute atomic E-state index is 0.648. The second-order valence-electron chi connectivity index (χ2n) is 2.68. The highest BCUT2D eigenvalue weighted by atomic mass is 79.9. The van der Waals surface area contributed by atoms with Crippen LogP contribution < -0.4 is 0 Å². The molecule has 0 bridgehead atoms. The molecule has 4 heteroatoms. The number of halogens is 1. The maximum atomic E-state index is 5.06. The second kappa shape index (κ2) is 4.14. The summed E-state index contributed by atoms with van der Waals surface area (Å²) in [5.74, 6) is 0.975. The van der Waals surface area contributed by atoms with Crippen molar-refractivity contribution >= 4 is 28.1 Å². The lowest BCUT2D eigenvalue weighted by Crippen LogP contribution is -1.97. The van der Waals surface area contributed by atoms with Crippen LogP contribution in [0.5, 0.6) is 0 Å². The van der Waals surface area contributed by atoms with Gasteiger partial charge in [0, 0.05) is 12.1 Å². The molecule has 1 N–H and O–H groups in total. The summed E-state index contributed by atoms with van der Waals surface area (Å²) in [7, 11) is 0. The number of nitrogens with zero attached hydrogens (tertiary/aromatic N) is 1. The highest BCUT2D eigenvalue weighted by molar-refractivity contribution is 9.10. The quantitative estimate of drug-likeness (QED) is 0.813. The smallest absolute Gasteiger partial charge is 0.144 e. The summed E-state index contributed by atoms with van der Waals surface area (Å²) in [6.07, 6.45) is 2.04. The van der Waals surface area contributed by atoms with E-state index in [1.165, 1.54) is 0 Å². The van der Waals surface area contributed by atoms with Crippen molar-refractivity contribution in [3.63, 3.8) is 0 Å². The third-order valence-electron chi connectivity index (χ3n) is 1.57. The number of rotatable bonds is 2. The molecular weight excluding hydrogens is 236 g/mol. The standard InChI is InChI=1S/C8H11BrN2S/c1-3-4-6-10-5(2)7(9)8(12)11-6/h3-4H2,1-2H3,(H,10,11,12). The minimum atomic E-state index is 0.648. The predicted octanol–water partition coefficient (Wildman–Crippen LogP) is 3.16. The fourth-order valence-electron chi connectivity index (χ4n) is 0.987. The number of aryl methyl sites for hydroxylation is 2. The first-order valence-corrected chi connectivity index (χ1v) is 5.10. The van der Waals surface area contributed by atoms with E-state index >= 15 is 0 Å². The fraction of sp³-hybridized carbons (Fsp3) is 0.500. The maximum absolute atomic E-state index is 5.06. The zero-order valence-corrected chi connectivity index (χ0v) is 9.55. The summed E-state index contributed by atoms with van der Waals surface area (Å²) in [6.45, 7) is 4.11. The molecular formula is C8H11BrN2S. The van der Waals surface area contributed by atoms with E-state index in [4.69, 9.17) is 12.2 Å². The van der Waals surface area contributed by atoms with E-state index < -0.39 is 0 Å². The highest BCUT2D eigenvalue weighted by Crippen LogP contribution is 2.14. The molecule has 0 aliphatic rings. The number of hydrogen-bond acceptors (Lipinski definition) is 2. The third-order valence-corrected chi connectivity index (χ3v) is 3.10. The second-order valence-corrected chi connectivity index (χ2v) is 3.86. The molecule has 0 fully saturated rings. The summed E-state index contributed by atoms with van der Waals surface area (Å²) >= 11 is 8.43. The van der Waals surface area contributed by atoms with Gasteiger partial charge in [-0.3, -0.25) is 0 Å². The van der Waals surface area contributed by atoms with E-state index in [-0.39, 0.29) is 0 Å². The average molecular weight is 247 g/mol. The van der Waals surface area contributed by atoms with E-state index in [2.05, 4.69) is 32.8 Å². The Morgan fingerprint density at radius 2 is 2.25 bits per heavy atom. The average Bonchev–Trinajstić information content (AvgIpc) is 2.01. The van der Waals surface area contributed by atoms with Gasteiger partial charge in [-0.25, -0.2) is 4.98 Å². The SMILES string of the molecule is CCCc1nc(=S)c(Br)c(C)[nH]1. The molecule has 0 unspecified atom stereocenters. The van der Waals surface area contributed by atoms with Gasteiger partial charge in [0.05, 0.1) is 4.47 Å². The van der Waals surface area contributed by atoms with Crippen molar-refractivity contribution < 1.29 is 0 Å². The predicted molar refractivity (Wildman–Crippen MR) is 55.9 cm³/mol. The van der Waals surface area contributed by atoms with Gasteiger partial charge in [-0.1, -0.05) is 19.1 Å². The lowest BCUT2D eigenvalue weighted by Gasteiger charge is -2.02. The first-order chi connectivity index (χ1) is 5.65. The Morgan fingerprint density at radius 3 is 2.75 bits per heavy atom. The van der Waals surface area contributed by atoms with E-state index in [1.54, 1.807) is 0 Å². The third kappa shape index (κ3) is 2.14. The molecule has 0 spiro atoms. The van der Waals surface area contributed by atoms with Gasteiger partial charge in [0.15, 0.2) is 0 Å². The molecule has 0 saturated carbocycles. The summed E-state index contributed by atoms with van der Waals surface area (Å²) in [5.41, 5.74) is 1.05. The lowest BCUT2D eigenvalue weighted by molar-refractivity contribution is 0.818. The van der Waals surface area contributed by atoms with Crippen LogP contribution in [-0.4, -0.2) is 9.97 Å². The van der Waals surface area contributed by atoms with Gasteiger partial charge in [-0.15, -0.1) is 0 Å². The molecule has 1 heterocycles. The molecule has 0 saturated heterocycles. The van der Waals surface area contributed by atoms with E-state index in [1.807, 2.05) is 6.92 Å². The first kappa shape index (κ1) is 9.86. The summed E-state index contributed by atoms with van der Waals surface area (Å²) < 4.78 is 1.55. The van der Waals surface area contributed by atoms with E-state index in [9.17, 15) is 0 Å². The summed E-state index contributed by atoms with van der Waals surface area (Å²) in [4.78, 5) is 7.43. The molecule has 0 atom stereocenters. The Labute approximate surface area is 85.6 Å². The van der Waals surface area contributed by atoms with Crippen LogP contribution in [0, 0.1) is 11.6 Å². The molecule has 0 aliphatic carbocycles. The number of H-pyrrole nitrogens is 1. The monoisotopic (exact) mass is 246 g/mol. The molecule has 1 rings (SSSR count). The number of aromatic amines is 1. The largest absolute Gasteiger partial charge is 0.346 e. The van der Waals surface area contributed by atoms with Crippen LogP contribution in [-0.2, 0) is 6.42 Å². The van der Waals surface area contributed by atoms with Crippen LogP contribution in [0.1, 0.15) is 24.9 Å². The van der Waals surface area contributed by atoms with Crippen LogP contribution in [0.3, 0.4) is 0 Å². The lowest BCUT2D eigenvalue weighted by atomic mass is 10.3. The molecule has 2 nitrogen and oxygen atoms in total. The van der Waals surface area contributed by atoms with Crippen LogP contribution >= 0.6 is 28.1 Å². The van der Waals surface area contributed by atoms with Gasteiger partial charge in [-0.2, -0.15) is 0 Å². The normalized spacial score (nSPS) is 10.2. The van der Waals surface area contributed by atoms with Crippen LogP contribution in [0.2, 0.25) is 0 Å². The zero-order valence-electron chi connectivity index (χ0n) is 7.15. The molecule has 12 heavy (non-hydrogen) atoms. The Morgan fingerprint density at radius 1 is 1.58 bits per heavy atom. The van der Waals surface area contributed by atoms with Gasteiger partial charge in [0.25, 0.3) is 0 Å². The van der Waals surface area contributed by atoms with Crippen molar-refractivity contribution in [1.82, 2.24) is 9.97 Å². The van der Waals surface area contributed by atoms with Crippen molar-refractivity contribution in [2.45, 2.75) is 26.7 Å². The molecule has 1 aromatic heterocycles. The highest BCUT2D eigenvalue weighted by Gasteiger charge is 2.00. The number of nitrogens with one attached hydrogen (secondary N) is 1. The van der Waals surface area contributed by atoms with E-state index in [0.717, 1.165) is 28.8 Å².